The molecule has 0 saturated carbocycles. The Balaban J connectivity index is 1.39. The predicted octanol–water partition coefficient (Wildman–Crippen LogP) is 1.02. The Bertz CT molecular complexity index is 977. The SMILES string of the molecule is Cc1ccc2c(c1)C(=O)N([C@H](C)C(=O)N1CCN(Cc3noc(C)n3)CC1)C2=O. The molecule has 1 saturated heterocycles. The first-order chi connectivity index (χ1) is 13.8. The van der Waals surface area contributed by atoms with Gasteiger partial charge < -0.3 is 9.42 Å². The lowest BCUT2D eigenvalue weighted by atomic mass is 10.1. The maximum absolute atomic E-state index is 13.0. The van der Waals surface area contributed by atoms with Gasteiger partial charge in [0.2, 0.25) is 11.8 Å². The third kappa shape index (κ3) is 3.53. The Morgan fingerprint density at radius 2 is 1.79 bits per heavy atom. The second-order valence-electron chi connectivity index (χ2n) is 7.54. The number of benzene rings is 1. The Morgan fingerprint density at radius 1 is 1.10 bits per heavy atom. The molecule has 9 nitrogen and oxygen atoms in total. The number of rotatable bonds is 4. The van der Waals surface area contributed by atoms with Crippen LogP contribution in [0.4, 0.5) is 0 Å². The molecule has 4 rings (SSSR count). The van der Waals surface area contributed by atoms with Crippen LogP contribution in [0.5, 0.6) is 0 Å². The molecule has 0 radical (unpaired) electrons. The van der Waals surface area contributed by atoms with E-state index < -0.39 is 17.9 Å². The maximum atomic E-state index is 13.0. The van der Waals surface area contributed by atoms with E-state index >= 15 is 0 Å². The Kier molecular flexibility index (Phi) is 4.91. The van der Waals surface area contributed by atoms with Gasteiger partial charge >= 0.3 is 0 Å². The van der Waals surface area contributed by atoms with E-state index in [0.29, 0.717) is 55.6 Å². The summed E-state index contributed by atoms with van der Waals surface area (Å²) in [5.74, 6) is 0.125. The van der Waals surface area contributed by atoms with Crippen molar-refractivity contribution in [1.82, 2.24) is 24.8 Å². The third-order valence-corrected chi connectivity index (χ3v) is 5.44. The van der Waals surface area contributed by atoms with Crippen LogP contribution in [0.1, 0.15) is 44.9 Å². The van der Waals surface area contributed by atoms with Gasteiger partial charge in [0.15, 0.2) is 5.82 Å². The highest BCUT2D eigenvalue weighted by atomic mass is 16.5. The summed E-state index contributed by atoms with van der Waals surface area (Å²) < 4.78 is 4.99. The van der Waals surface area contributed by atoms with Gasteiger partial charge in [-0.1, -0.05) is 16.8 Å². The molecule has 3 amide bonds. The Labute approximate surface area is 168 Å². The van der Waals surface area contributed by atoms with Crippen LogP contribution < -0.4 is 0 Å². The lowest BCUT2D eigenvalue weighted by molar-refractivity contribution is -0.136. The topological polar surface area (TPSA) is 99.9 Å². The molecule has 1 aromatic carbocycles. The van der Waals surface area contributed by atoms with E-state index in [2.05, 4.69) is 15.0 Å². The van der Waals surface area contributed by atoms with E-state index in [-0.39, 0.29) is 5.91 Å². The first-order valence-electron chi connectivity index (χ1n) is 9.64. The van der Waals surface area contributed by atoms with Gasteiger partial charge in [0, 0.05) is 33.1 Å². The molecule has 1 atom stereocenters. The molecule has 0 aliphatic carbocycles. The fourth-order valence-corrected chi connectivity index (χ4v) is 3.83. The molecule has 0 spiro atoms. The van der Waals surface area contributed by atoms with Crippen LogP contribution in [-0.2, 0) is 11.3 Å². The van der Waals surface area contributed by atoms with Crippen LogP contribution in [0.15, 0.2) is 22.7 Å². The summed E-state index contributed by atoms with van der Waals surface area (Å²) in [5.41, 5.74) is 1.63. The largest absolute Gasteiger partial charge is 0.340 e. The molecule has 2 aliphatic rings. The van der Waals surface area contributed by atoms with Crippen molar-refractivity contribution in [2.24, 2.45) is 0 Å². The van der Waals surface area contributed by atoms with Crippen molar-refractivity contribution >= 4 is 17.7 Å². The molecule has 0 unspecified atom stereocenters. The molecule has 1 aromatic heterocycles. The van der Waals surface area contributed by atoms with Gasteiger partial charge in [-0.25, -0.2) is 0 Å². The number of aromatic nitrogens is 2. The summed E-state index contributed by atoms with van der Waals surface area (Å²) in [5, 5.41) is 3.90. The van der Waals surface area contributed by atoms with Gasteiger partial charge in [-0.3, -0.25) is 24.2 Å². The van der Waals surface area contributed by atoms with Crippen molar-refractivity contribution < 1.29 is 18.9 Å². The van der Waals surface area contributed by atoms with Gasteiger partial charge in [0.05, 0.1) is 17.7 Å². The molecule has 0 N–H and O–H groups in total. The van der Waals surface area contributed by atoms with Gasteiger partial charge in [-0.15, -0.1) is 0 Å². The molecule has 2 aromatic rings. The summed E-state index contributed by atoms with van der Waals surface area (Å²) in [7, 11) is 0. The van der Waals surface area contributed by atoms with E-state index in [1.807, 2.05) is 6.92 Å². The lowest BCUT2D eigenvalue weighted by Gasteiger charge is -2.36. The number of imide groups is 1. The van der Waals surface area contributed by atoms with Gasteiger partial charge in [0.1, 0.15) is 6.04 Å². The van der Waals surface area contributed by atoms with Crippen LogP contribution in [0.3, 0.4) is 0 Å². The molecule has 2 aliphatic heterocycles. The molecule has 29 heavy (non-hydrogen) atoms. The average Bonchev–Trinajstić information content (AvgIpc) is 3.22. The van der Waals surface area contributed by atoms with E-state index in [1.54, 1.807) is 36.9 Å². The minimum absolute atomic E-state index is 0.216. The minimum atomic E-state index is -0.839. The first-order valence-corrected chi connectivity index (χ1v) is 9.64. The number of amides is 3. The smallest absolute Gasteiger partial charge is 0.262 e. The van der Waals surface area contributed by atoms with Crippen molar-refractivity contribution in [3.63, 3.8) is 0 Å². The summed E-state index contributed by atoms with van der Waals surface area (Å²) in [4.78, 5) is 47.6. The minimum Gasteiger partial charge on any atom is -0.340 e. The van der Waals surface area contributed by atoms with Crippen LogP contribution in [0.2, 0.25) is 0 Å². The van der Waals surface area contributed by atoms with Gasteiger partial charge in [-0.05, 0) is 26.0 Å². The molecular weight excluding hydrogens is 374 g/mol. The van der Waals surface area contributed by atoms with Crippen molar-refractivity contribution in [3.05, 3.63) is 46.6 Å². The highest BCUT2D eigenvalue weighted by Gasteiger charge is 2.42. The van der Waals surface area contributed by atoms with E-state index in [1.165, 1.54) is 0 Å². The fraction of sp³-hybridized carbons (Fsp3) is 0.450. The zero-order valence-corrected chi connectivity index (χ0v) is 16.7. The van der Waals surface area contributed by atoms with Crippen molar-refractivity contribution in [3.8, 4) is 0 Å². The van der Waals surface area contributed by atoms with Gasteiger partial charge in [-0.2, -0.15) is 4.98 Å². The summed E-state index contributed by atoms with van der Waals surface area (Å²) in [6.45, 7) is 8.14. The zero-order chi connectivity index (χ0) is 20.7. The molecule has 3 heterocycles. The van der Waals surface area contributed by atoms with Crippen molar-refractivity contribution in [2.45, 2.75) is 33.4 Å². The highest BCUT2D eigenvalue weighted by Crippen LogP contribution is 2.26. The van der Waals surface area contributed by atoms with Crippen molar-refractivity contribution in [2.75, 3.05) is 26.2 Å². The number of fused-ring (bicyclic) bond motifs is 1. The fourth-order valence-electron chi connectivity index (χ4n) is 3.83. The molecule has 0 bridgehead atoms. The predicted molar refractivity (Wildman–Crippen MR) is 102 cm³/mol. The number of carbonyl (C=O) groups is 3. The zero-order valence-electron chi connectivity index (χ0n) is 16.7. The number of hydrogen-bond donors (Lipinski definition) is 0. The second kappa shape index (κ2) is 7.40. The van der Waals surface area contributed by atoms with Crippen molar-refractivity contribution in [1.29, 1.82) is 0 Å². The van der Waals surface area contributed by atoms with E-state index in [4.69, 9.17) is 4.52 Å². The van der Waals surface area contributed by atoms with Crippen LogP contribution in [0.25, 0.3) is 0 Å². The van der Waals surface area contributed by atoms with Gasteiger partial charge in [0.25, 0.3) is 11.8 Å². The molecule has 1 fully saturated rings. The second-order valence-corrected chi connectivity index (χ2v) is 7.54. The molecular formula is C20H23N5O4. The number of hydrogen-bond acceptors (Lipinski definition) is 7. The maximum Gasteiger partial charge on any atom is 0.262 e. The van der Waals surface area contributed by atoms with Crippen LogP contribution in [0, 0.1) is 13.8 Å². The average molecular weight is 397 g/mol. The first kappa shape index (κ1) is 19.3. The monoisotopic (exact) mass is 397 g/mol. The summed E-state index contributed by atoms with van der Waals surface area (Å²) >= 11 is 0. The lowest BCUT2D eigenvalue weighted by Crippen LogP contribution is -2.55. The van der Waals surface area contributed by atoms with E-state index in [9.17, 15) is 14.4 Å². The number of piperazine rings is 1. The number of aryl methyl sites for hydroxylation is 2. The molecule has 152 valence electrons. The number of nitrogens with zero attached hydrogens (tertiary/aromatic N) is 5. The Morgan fingerprint density at radius 3 is 2.45 bits per heavy atom. The standard InChI is InChI=1S/C20H23N5O4/c1-12-4-5-15-16(10-12)20(28)25(19(15)27)13(2)18(26)24-8-6-23(7-9-24)11-17-21-14(3)29-22-17/h4-5,10,13H,6-9,11H2,1-3H3/t13-/m1/s1. The van der Waals surface area contributed by atoms with Crippen LogP contribution in [-0.4, -0.2) is 74.8 Å². The number of carbonyl (C=O) groups excluding carboxylic acids is 3. The Hall–Kier alpha value is -3.07. The van der Waals surface area contributed by atoms with Crippen LogP contribution >= 0.6 is 0 Å². The normalized spacial score (nSPS) is 18.3. The summed E-state index contributed by atoms with van der Waals surface area (Å²) in [6.07, 6.45) is 0. The summed E-state index contributed by atoms with van der Waals surface area (Å²) in [6, 6.07) is 4.31. The quantitative estimate of drug-likeness (QED) is 0.710. The highest BCUT2D eigenvalue weighted by molar-refractivity contribution is 6.22. The molecule has 9 heteroatoms. The van der Waals surface area contributed by atoms with E-state index in [0.717, 1.165) is 10.5 Å². The third-order valence-electron chi connectivity index (χ3n) is 5.44.